The smallest absolute Gasteiger partial charge is 0.260 e. The first-order valence-corrected chi connectivity index (χ1v) is 6.25. The molecule has 0 aliphatic rings. The van der Waals surface area contributed by atoms with E-state index in [1.54, 1.807) is 29.9 Å². The van der Waals surface area contributed by atoms with Crippen LogP contribution >= 0.6 is 11.6 Å². The van der Waals surface area contributed by atoms with Gasteiger partial charge in [-0.05, 0) is 35.9 Å². The molecule has 0 unspecified atom stereocenters. The largest absolute Gasteiger partial charge is 0.311 e. The van der Waals surface area contributed by atoms with Crippen LogP contribution in [-0.4, -0.2) is 9.55 Å². The van der Waals surface area contributed by atoms with Gasteiger partial charge in [-0.2, -0.15) is 0 Å². The molecular weight excluding hydrogens is 260 g/mol. The summed E-state index contributed by atoms with van der Waals surface area (Å²) in [5.74, 6) is 0. The minimum Gasteiger partial charge on any atom is -0.311 e. The zero-order valence-corrected chi connectivity index (χ0v) is 11.1. The van der Waals surface area contributed by atoms with Gasteiger partial charge in [0, 0.05) is 18.3 Å². The summed E-state index contributed by atoms with van der Waals surface area (Å²) in [6.07, 6.45) is 1.69. The molecule has 0 aliphatic heterocycles. The Morgan fingerprint density at radius 1 is 1.16 bits per heavy atom. The number of aromatic nitrogens is 2. The molecule has 2 aromatic heterocycles. The summed E-state index contributed by atoms with van der Waals surface area (Å²) in [4.78, 5) is 16.5. The van der Waals surface area contributed by atoms with Crippen LogP contribution in [0.2, 0.25) is 5.02 Å². The van der Waals surface area contributed by atoms with Crippen molar-refractivity contribution in [3.8, 4) is 11.3 Å². The van der Waals surface area contributed by atoms with E-state index in [4.69, 9.17) is 11.6 Å². The summed E-state index contributed by atoms with van der Waals surface area (Å²) in [5.41, 5.74) is 2.43. The van der Waals surface area contributed by atoms with E-state index in [1.807, 2.05) is 30.3 Å². The number of hydrogen-bond acceptors (Lipinski definition) is 2. The third kappa shape index (κ3) is 2.02. The van der Waals surface area contributed by atoms with E-state index in [2.05, 4.69) is 4.98 Å². The highest BCUT2D eigenvalue weighted by molar-refractivity contribution is 6.30. The molecule has 0 saturated heterocycles. The number of hydrogen-bond donors (Lipinski definition) is 0. The number of fused-ring (bicyclic) bond motifs is 1. The van der Waals surface area contributed by atoms with E-state index in [1.165, 1.54) is 0 Å². The first-order valence-electron chi connectivity index (χ1n) is 5.87. The number of rotatable bonds is 1. The lowest BCUT2D eigenvalue weighted by Crippen LogP contribution is -2.18. The highest BCUT2D eigenvalue weighted by Gasteiger charge is 2.08. The molecule has 3 rings (SSSR count). The Kier molecular flexibility index (Phi) is 2.84. The number of nitrogens with zero attached hydrogens (tertiary/aromatic N) is 2. The predicted octanol–water partition coefficient (Wildman–Crippen LogP) is 3.25. The highest BCUT2D eigenvalue weighted by Crippen LogP contribution is 2.22. The van der Waals surface area contributed by atoms with E-state index in [0.717, 1.165) is 11.3 Å². The topological polar surface area (TPSA) is 34.9 Å². The molecule has 3 aromatic rings. The second-order valence-corrected chi connectivity index (χ2v) is 4.77. The number of pyridine rings is 2. The molecule has 0 radical (unpaired) electrons. The Morgan fingerprint density at radius 2 is 1.89 bits per heavy atom. The third-order valence-electron chi connectivity index (χ3n) is 3.15. The van der Waals surface area contributed by atoms with Crippen molar-refractivity contribution in [3.05, 3.63) is 64.0 Å². The van der Waals surface area contributed by atoms with Crippen LogP contribution in [0, 0.1) is 0 Å². The van der Waals surface area contributed by atoms with E-state index in [9.17, 15) is 4.79 Å². The van der Waals surface area contributed by atoms with Crippen LogP contribution < -0.4 is 5.56 Å². The fourth-order valence-corrected chi connectivity index (χ4v) is 2.25. The van der Waals surface area contributed by atoms with Crippen LogP contribution in [0.4, 0.5) is 0 Å². The minimum atomic E-state index is -0.0458. The molecule has 3 nitrogen and oxygen atoms in total. The van der Waals surface area contributed by atoms with Crippen LogP contribution in [0.3, 0.4) is 0 Å². The SMILES string of the molecule is Cn1c(-c2ccc(Cl)cc2)cc2ncccc2c1=O. The lowest BCUT2D eigenvalue weighted by molar-refractivity contribution is 0.882. The van der Waals surface area contributed by atoms with E-state index in [-0.39, 0.29) is 5.56 Å². The van der Waals surface area contributed by atoms with Crippen molar-refractivity contribution in [2.75, 3.05) is 0 Å². The van der Waals surface area contributed by atoms with Gasteiger partial charge in [0.1, 0.15) is 0 Å². The molecule has 1 aromatic carbocycles. The Balaban J connectivity index is 2.33. The number of benzene rings is 1. The second kappa shape index (κ2) is 4.52. The van der Waals surface area contributed by atoms with Gasteiger partial charge in [0.05, 0.1) is 16.6 Å². The maximum absolute atomic E-state index is 12.3. The Hall–Kier alpha value is -2.13. The van der Waals surface area contributed by atoms with Gasteiger partial charge in [-0.1, -0.05) is 23.7 Å². The summed E-state index contributed by atoms with van der Waals surface area (Å²) in [7, 11) is 1.76. The van der Waals surface area contributed by atoms with Gasteiger partial charge in [0.2, 0.25) is 0 Å². The number of halogens is 1. The van der Waals surface area contributed by atoms with Crippen LogP contribution in [-0.2, 0) is 7.05 Å². The summed E-state index contributed by atoms with van der Waals surface area (Å²) in [5, 5.41) is 1.30. The molecule has 19 heavy (non-hydrogen) atoms. The van der Waals surface area contributed by atoms with Crippen LogP contribution in [0.5, 0.6) is 0 Å². The highest BCUT2D eigenvalue weighted by atomic mass is 35.5. The second-order valence-electron chi connectivity index (χ2n) is 4.34. The average molecular weight is 271 g/mol. The van der Waals surface area contributed by atoms with Crippen molar-refractivity contribution in [3.63, 3.8) is 0 Å². The first kappa shape index (κ1) is 11.9. The fraction of sp³-hybridized carbons (Fsp3) is 0.0667. The van der Waals surface area contributed by atoms with Gasteiger partial charge >= 0.3 is 0 Å². The van der Waals surface area contributed by atoms with Crippen molar-refractivity contribution in [1.29, 1.82) is 0 Å². The van der Waals surface area contributed by atoms with Gasteiger partial charge in [0.15, 0.2) is 0 Å². The zero-order chi connectivity index (χ0) is 13.4. The average Bonchev–Trinajstić information content (AvgIpc) is 2.44. The van der Waals surface area contributed by atoms with Crippen molar-refractivity contribution in [1.82, 2.24) is 9.55 Å². The maximum atomic E-state index is 12.3. The van der Waals surface area contributed by atoms with Crippen molar-refractivity contribution >= 4 is 22.5 Å². The van der Waals surface area contributed by atoms with Gasteiger partial charge in [-0.25, -0.2) is 0 Å². The molecule has 0 amide bonds. The van der Waals surface area contributed by atoms with Crippen molar-refractivity contribution < 1.29 is 0 Å². The minimum absolute atomic E-state index is 0.0458. The quantitative estimate of drug-likeness (QED) is 0.680. The standard InChI is InChI=1S/C15H11ClN2O/c1-18-14(10-4-6-11(16)7-5-10)9-13-12(15(18)19)3-2-8-17-13/h2-9H,1H3. The molecule has 0 fully saturated rings. The van der Waals surface area contributed by atoms with Crippen LogP contribution in [0.15, 0.2) is 53.5 Å². The molecule has 0 saturated carbocycles. The molecule has 0 atom stereocenters. The molecule has 0 aliphatic carbocycles. The maximum Gasteiger partial charge on any atom is 0.260 e. The van der Waals surface area contributed by atoms with E-state index >= 15 is 0 Å². The summed E-state index contributed by atoms with van der Waals surface area (Å²) in [6.45, 7) is 0. The molecule has 0 bridgehead atoms. The lowest BCUT2D eigenvalue weighted by Gasteiger charge is -2.10. The van der Waals surface area contributed by atoms with Gasteiger partial charge < -0.3 is 4.57 Å². The fourth-order valence-electron chi connectivity index (χ4n) is 2.13. The molecule has 94 valence electrons. The predicted molar refractivity (Wildman–Crippen MR) is 77.4 cm³/mol. The molecule has 0 N–H and O–H groups in total. The van der Waals surface area contributed by atoms with Gasteiger partial charge in [-0.15, -0.1) is 0 Å². The molecule has 4 heteroatoms. The van der Waals surface area contributed by atoms with Crippen LogP contribution in [0.25, 0.3) is 22.2 Å². The molecular formula is C15H11ClN2O. The molecule has 2 heterocycles. The Morgan fingerprint density at radius 3 is 2.63 bits per heavy atom. The third-order valence-corrected chi connectivity index (χ3v) is 3.40. The summed E-state index contributed by atoms with van der Waals surface area (Å²) >= 11 is 5.88. The van der Waals surface area contributed by atoms with Crippen molar-refractivity contribution in [2.45, 2.75) is 0 Å². The summed E-state index contributed by atoms with van der Waals surface area (Å²) in [6, 6.07) is 12.9. The molecule has 0 spiro atoms. The summed E-state index contributed by atoms with van der Waals surface area (Å²) < 4.78 is 1.63. The van der Waals surface area contributed by atoms with Gasteiger partial charge in [-0.3, -0.25) is 9.78 Å². The monoisotopic (exact) mass is 270 g/mol. The van der Waals surface area contributed by atoms with Gasteiger partial charge in [0.25, 0.3) is 5.56 Å². The zero-order valence-electron chi connectivity index (χ0n) is 10.3. The lowest BCUT2D eigenvalue weighted by atomic mass is 10.1. The normalized spacial score (nSPS) is 10.8. The first-order chi connectivity index (χ1) is 9.16. The van der Waals surface area contributed by atoms with Crippen molar-refractivity contribution in [2.24, 2.45) is 7.05 Å². The Labute approximate surface area is 115 Å². The van der Waals surface area contributed by atoms with Crippen LogP contribution in [0.1, 0.15) is 0 Å². The van der Waals surface area contributed by atoms with E-state index in [0.29, 0.717) is 15.9 Å². The Bertz CT molecular complexity index is 806. The van der Waals surface area contributed by atoms with E-state index < -0.39 is 0 Å².